The summed E-state index contributed by atoms with van der Waals surface area (Å²) < 4.78 is 5.42. The van der Waals surface area contributed by atoms with Crippen molar-refractivity contribution in [3.05, 3.63) is 42.8 Å². The monoisotopic (exact) mass is 170 g/mol. The molecule has 0 aliphatic heterocycles. The van der Waals surface area contributed by atoms with Crippen molar-refractivity contribution >= 4 is 0 Å². The Morgan fingerprint density at radius 3 is 2.46 bits per heavy atom. The molecular weight excluding hydrogens is 155 g/mol. The second-order valence-electron chi connectivity index (χ2n) is 3.11. The molecule has 1 nitrogen and oxygen atoms in total. The van der Waals surface area contributed by atoms with Gasteiger partial charge in [0.1, 0.15) is 0 Å². The molecule has 0 heterocycles. The molecule has 13 heavy (non-hydrogen) atoms. The van der Waals surface area contributed by atoms with Crippen LogP contribution >= 0.6 is 0 Å². The zero-order valence-corrected chi connectivity index (χ0v) is 8.49. The molecule has 0 bridgehead atoms. The van der Waals surface area contributed by atoms with Gasteiger partial charge in [0.05, 0.1) is 6.61 Å². The van der Waals surface area contributed by atoms with E-state index in [1.54, 1.807) is 0 Å². The minimum absolute atomic E-state index is 0. The first-order valence-corrected chi connectivity index (χ1v) is 4.24. The number of hydrogen-bond acceptors (Lipinski definition) is 1. The van der Waals surface area contributed by atoms with Gasteiger partial charge in [-0.15, -0.1) is 5.92 Å². The zero-order chi connectivity index (χ0) is 8.81. The van der Waals surface area contributed by atoms with Crippen LogP contribution in [0.2, 0.25) is 0 Å². The van der Waals surface area contributed by atoms with Crippen LogP contribution in [0.3, 0.4) is 0 Å². The van der Waals surface area contributed by atoms with Gasteiger partial charge in [-0.05, 0) is 5.56 Å². The summed E-state index contributed by atoms with van der Waals surface area (Å²) in [4.78, 5) is 0. The first kappa shape index (κ1) is 12.8. The molecule has 0 radical (unpaired) electrons. The predicted molar refractivity (Wildman–Crippen MR) is 50.6 cm³/mol. The van der Waals surface area contributed by atoms with Gasteiger partial charge in [-0.2, -0.15) is 0 Å². The van der Waals surface area contributed by atoms with Gasteiger partial charge in [-0.1, -0.05) is 37.3 Å². The summed E-state index contributed by atoms with van der Waals surface area (Å²) in [5.41, 5.74) is 1.22. The summed E-state index contributed by atoms with van der Waals surface area (Å²) >= 11 is 0. The van der Waals surface area contributed by atoms with Gasteiger partial charge in [0.25, 0.3) is 0 Å². The minimum atomic E-state index is 0. The zero-order valence-electron chi connectivity index (χ0n) is 8.49. The standard InChI is InChI=1S/C11H15O.Li/c1-10(2)8-12-9-11-6-4-3-5-7-11;/h3-7,10H,1,8-9H2,2H3;/q-1;+1. The molecular formula is C11H15LiO. The molecule has 0 saturated heterocycles. The summed E-state index contributed by atoms with van der Waals surface area (Å²) in [7, 11) is 0. The van der Waals surface area contributed by atoms with Crippen LogP contribution in [0.15, 0.2) is 30.3 Å². The van der Waals surface area contributed by atoms with Crippen LogP contribution in [0, 0.1) is 12.8 Å². The van der Waals surface area contributed by atoms with Crippen molar-refractivity contribution in [2.75, 3.05) is 6.61 Å². The summed E-state index contributed by atoms with van der Waals surface area (Å²) in [6.07, 6.45) is 0. The summed E-state index contributed by atoms with van der Waals surface area (Å²) in [5, 5.41) is 0. The topological polar surface area (TPSA) is 9.23 Å². The molecule has 0 saturated carbocycles. The molecule has 0 aliphatic carbocycles. The van der Waals surface area contributed by atoms with Crippen molar-refractivity contribution in [2.24, 2.45) is 5.92 Å². The van der Waals surface area contributed by atoms with E-state index >= 15 is 0 Å². The molecule has 1 atom stereocenters. The first-order chi connectivity index (χ1) is 5.79. The fourth-order valence-corrected chi connectivity index (χ4v) is 0.952. The van der Waals surface area contributed by atoms with E-state index in [9.17, 15) is 0 Å². The van der Waals surface area contributed by atoms with E-state index in [-0.39, 0.29) is 18.9 Å². The van der Waals surface area contributed by atoms with Crippen LogP contribution < -0.4 is 18.9 Å². The van der Waals surface area contributed by atoms with Crippen molar-refractivity contribution < 1.29 is 23.6 Å². The molecule has 0 aromatic heterocycles. The number of hydrogen-bond donors (Lipinski definition) is 0. The Bertz CT molecular complexity index is 209. The van der Waals surface area contributed by atoms with E-state index < -0.39 is 0 Å². The van der Waals surface area contributed by atoms with Crippen LogP contribution in [0.1, 0.15) is 12.5 Å². The van der Waals surface area contributed by atoms with Crippen molar-refractivity contribution in [1.29, 1.82) is 0 Å². The van der Waals surface area contributed by atoms with Crippen molar-refractivity contribution in [1.82, 2.24) is 0 Å². The quantitative estimate of drug-likeness (QED) is 0.444. The molecule has 1 unspecified atom stereocenters. The van der Waals surface area contributed by atoms with E-state index in [0.29, 0.717) is 12.5 Å². The molecule has 0 N–H and O–H groups in total. The molecule has 1 aromatic rings. The average molecular weight is 170 g/mol. The van der Waals surface area contributed by atoms with Gasteiger partial charge in [0.15, 0.2) is 0 Å². The predicted octanol–water partition coefficient (Wildman–Crippen LogP) is -0.323. The number of ether oxygens (including phenoxy) is 1. The average Bonchev–Trinajstić information content (AvgIpc) is 2.05. The largest absolute Gasteiger partial charge is 1.00 e. The minimum Gasteiger partial charge on any atom is -0.379 e. The second kappa shape index (κ2) is 7.21. The van der Waals surface area contributed by atoms with Crippen LogP contribution in [0.25, 0.3) is 0 Å². The molecule has 0 amide bonds. The van der Waals surface area contributed by atoms with Crippen molar-refractivity contribution in [3.63, 3.8) is 0 Å². The van der Waals surface area contributed by atoms with Crippen molar-refractivity contribution in [2.45, 2.75) is 13.5 Å². The van der Waals surface area contributed by atoms with E-state index in [2.05, 4.69) is 19.1 Å². The fourth-order valence-electron chi connectivity index (χ4n) is 0.952. The Labute approximate surface area is 92.7 Å². The van der Waals surface area contributed by atoms with E-state index in [1.807, 2.05) is 25.1 Å². The van der Waals surface area contributed by atoms with Gasteiger partial charge in [-0.25, -0.2) is 0 Å². The Balaban J connectivity index is 0.00000144. The first-order valence-electron chi connectivity index (χ1n) is 4.24. The van der Waals surface area contributed by atoms with Crippen molar-refractivity contribution in [3.8, 4) is 0 Å². The van der Waals surface area contributed by atoms with Gasteiger partial charge in [0, 0.05) is 6.61 Å². The Kier molecular flexibility index (Phi) is 7.08. The maximum Gasteiger partial charge on any atom is 1.00 e. The molecule has 1 rings (SSSR count). The summed E-state index contributed by atoms with van der Waals surface area (Å²) in [5.74, 6) is 0.369. The Hall–Kier alpha value is -0.223. The fraction of sp³-hybridized carbons (Fsp3) is 0.364. The Morgan fingerprint density at radius 1 is 1.31 bits per heavy atom. The van der Waals surface area contributed by atoms with Crippen LogP contribution in [0.5, 0.6) is 0 Å². The third-order valence-electron chi connectivity index (χ3n) is 1.51. The van der Waals surface area contributed by atoms with E-state index in [1.165, 1.54) is 5.56 Å². The summed E-state index contributed by atoms with van der Waals surface area (Å²) in [6.45, 7) is 7.32. The summed E-state index contributed by atoms with van der Waals surface area (Å²) in [6, 6.07) is 10.2. The van der Waals surface area contributed by atoms with Crippen LogP contribution in [-0.2, 0) is 11.3 Å². The maximum atomic E-state index is 5.42. The normalized spacial score (nSPS) is 11.8. The van der Waals surface area contributed by atoms with E-state index in [4.69, 9.17) is 4.74 Å². The SMILES string of the molecule is [CH2-]C(C)COCc1ccccc1.[Li+]. The van der Waals surface area contributed by atoms with Crippen LogP contribution in [0.4, 0.5) is 0 Å². The van der Waals surface area contributed by atoms with Gasteiger partial charge in [0.2, 0.25) is 0 Å². The third-order valence-corrected chi connectivity index (χ3v) is 1.51. The molecule has 0 spiro atoms. The molecule has 2 heteroatoms. The molecule has 0 aliphatic rings. The van der Waals surface area contributed by atoms with E-state index in [0.717, 1.165) is 6.61 Å². The molecule has 66 valence electrons. The number of benzene rings is 1. The van der Waals surface area contributed by atoms with Gasteiger partial charge >= 0.3 is 18.9 Å². The molecule has 1 aromatic carbocycles. The third kappa shape index (κ3) is 5.93. The van der Waals surface area contributed by atoms with Gasteiger partial charge in [-0.3, -0.25) is 0 Å². The number of rotatable bonds is 4. The maximum absolute atomic E-state index is 5.42. The smallest absolute Gasteiger partial charge is 0.379 e. The van der Waals surface area contributed by atoms with Crippen LogP contribution in [-0.4, -0.2) is 6.61 Å². The second-order valence-corrected chi connectivity index (χ2v) is 3.11. The van der Waals surface area contributed by atoms with Gasteiger partial charge < -0.3 is 11.7 Å². The molecule has 0 fully saturated rings. The Morgan fingerprint density at radius 2 is 1.92 bits per heavy atom.